The van der Waals surface area contributed by atoms with Crippen molar-refractivity contribution in [3.8, 4) is 11.3 Å². The van der Waals surface area contributed by atoms with Crippen LogP contribution in [0, 0.1) is 4.91 Å². The molecule has 0 spiro atoms. The molecule has 2 heterocycles. The van der Waals surface area contributed by atoms with Crippen LogP contribution in [-0.2, 0) is 6.61 Å². The fraction of sp³-hybridized carbons (Fsp3) is 0.0556. The lowest BCUT2D eigenvalue weighted by atomic mass is 10.1. The molecule has 0 unspecified atom stereocenters. The van der Waals surface area contributed by atoms with Crippen LogP contribution in [-0.4, -0.2) is 14.5 Å². The SMILES string of the molecule is O=Nc1c(-c2ccc3ccccc3c2)nc2c(CO)cccn12. The molecule has 0 bridgehead atoms. The summed E-state index contributed by atoms with van der Waals surface area (Å²) in [6, 6.07) is 17.5. The number of imidazole rings is 1. The van der Waals surface area contributed by atoms with Crippen molar-refractivity contribution in [1.29, 1.82) is 0 Å². The molecule has 0 radical (unpaired) electrons. The molecule has 0 aliphatic carbocycles. The maximum absolute atomic E-state index is 11.4. The quantitative estimate of drug-likeness (QED) is 0.581. The van der Waals surface area contributed by atoms with Crippen molar-refractivity contribution in [3.05, 3.63) is 71.3 Å². The molecular formula is C18H13N3O2. The standard InChI is InChI=1S/C18H13N3O2/c22-11-15-6-3-9-21-17(15)19-16(18(21)20-23)14-8-7-12-4-1-2-5-13(12)10-14/h1-10,22H,11H2. The van der Waals surface area contributed by atoms with E-state index in [9.17, 15) is 10.0 Å². The largest absolute Gasteiger partial charge is 0.392 e. The van der Waals surface area contributed by atoms with Crippen LogP contribution in [0.1, 0.15) is 5.56 Å². The van der Waals surface area contributed by atoms with Gasteiger partial charge in [0.15, 0.2) is 0 Å². The van der Waals surface area contributed by atoms with Crippen LogP contribution in [0.15, 0.2) is 66.0 Å². The highest BCUT2D eigenvalue weighted by molar-refractivity contribution is 5.88. The van der Waals surface area contributed by atoms with Crippen molar-refractivity contribution in [2.75, 3.05) is 0 Å². The maximum atomic E-state index is 11.4. The van der Waals surface area contributed by atoms with Crippen LogP contribution in [0.2, 0.25) is 0 Å². The van der Waals surface area contributed by atoms with E-state index in [1.165, 1.54) is 0 Å². The number of nitrogens with zero attached hydrogens (tertiary/aromatic N) is 3. The molecule has 0 saturated carbocycles. The topological polar surface area (TPSA) is 67.0 Å². The van der Waals surface area contributed by atoms with Crippen LogP contribution in [0.25, 0.3) is 27.7 Å². The van der Waals surface area contributed by atoms with Gasteiger partial charge < -0.3 is 5.11 Å². The number of pyridine rings is 1. The summed E-state index contributed by atoms with van der Waals surface area (Å²) in [7, 11) is 0. The highest BCUT2D eigenvalue weighted by atomic mass is 16.3. The number of aliphatic hydroxyl groups is 1. The molecular weight excluding hydrogens is 290 g/mol. The molecule has 0 aliphatic rings. The second-order valence-electron chi connectivity index (χ2n) is 5.32. The van der Waals surface area contributed by atoms with E-state index in [-0.39, 0.29) is 12.4 Å². The van der Waals surface area contributed by atoms with Crippen molar-refractivity contribution in [2.45, 2.75) is 6.61 Å². The zero-order chi connectivity index (χ0) is 15.8. The Kier molecular flexibility index (Phi) is 3.13. The predicted octanol–water partition coefficient (Wildman–Crippen LogP) is 4.04. The maximum Gasteiger partial charge on any atom is 0.209 e. The Balaban J connectivity index is 2.01. The molecule has 4 rings (SSSR count). The van der Waals surface area contributed by atoms with Crippen LogP contribution in [0.3, 0.4) is 0 Å². The minimum atomic E-state index is -0.142. The molecule has 23 heavy (non-hydrogen) atoms. The number of nitroso groups, excluding NO2 is 1. The van der Waals surface area contributed by atoms with Gasteiger partial charge in [0.25, 0.3) is 0 Å². The molecule has 0 aliphatic heterocycles. The van der Waals surface area contributed by atoms with Gasteiger partial charge in [0.1, 0.15) is 11.3 Å². The van der Waals surface area contributed by atoms with E-state index >= 15 is 0 Å². The highest BCUT2D eigenvalue weighted by Crippen LogP contribution is 2.33. The molecule has 1 N–H and O–H groups in total. The predicted molar refractivity (Wildman–Crippen MR) is 89.5 cm³/mol. The third kappa shape index (κ3) is 2.10. The van der Waals surface area contributed by atoms with Gasteiger partial charge in [-0.3, -0.25) is 4.40 Å². The van der Waals surface area contributed by atoms with Crippen LogP contribution >= 0.6 is 0 Å². The Labute approximate surface area is 131 Å². The minimum Gasteiger partial charge on any atom is -0.392 e. The highest BCUT2D eigenvalue weighted by Gasteiger charge is 2.16. The minimum absolute atomic E-state index is 0.142. The Morgan fingerprint density at radius 1 is 1.04 bits per heavy atom. The first-order chi connectivity index (χ1) is 11.3. The van der Waals surface area contributed by atoms with Gasteiger partial charge in [0.2, 0.25) is 5.82 Å². The number of hydrogen-bond acceptors (Lipinski definition) is 4. The number of fused-ring (bicyclic) bond motifs is 2. The van der Waals surface area contributed by atoms with Crippen molar-refractivity contribution >= 4 is 22.2 Å². The van der Waals surface area contributed by atoms with E-state index in [2.05, 4.69) is 10.2 Å². The molecule has 5 heteroatoms. The van der Waals surface area contributed by atoms with Crippen LogP contribution < -0.4 is 0 Å². The summed E-state index contributed by atoms with van der Waals surface area (Å²) in [6.45, 7) is -0.142. The fourth-order valence-corrected chi connectivity index (χ4v) is 2.85. The third-order valence-corrected chi connectivity index (χ3v) is 3.99. The summed E-state index contributed by atoms with van der Waals surface area (Å²) in [5.41, 5.74) is 2.55. The van der Waals surface area contributed by atoms with Gasteiger partial charge in [-0.1, -0.05) is 42.5 Å². The Morgan fingerprint density at radius 2 is 1.87 bits per heavy atom. The van der Waals surface area contributed by atoms with Gasteiger partial charge in [0, 0.05) is 17.3 Å². The lowest BCUT2D eigenvalue weighted by molar-refractivity contribution is 0.282. The van der Waals surface area contributed by atoms with E-state index in [0.717, 1.165) is 16.3 Å². The van der Waals surface area contributed by atoms with Gasteiger partial charge >= 0.3 is 0 Å². The summed E-state index contributed by atoms with van der Waals surface area (Å²) < 4.78 is 1.61. The van der Waals surface area contributed by atoms with Gasteiger partial charge in [-0.05, 0) is 28.1 Å². The molecule has 4 aromatic rings. The van der Waals surface area contributed by atoms with Gasteiger partial charge in [-0.15, -0.1) is 4.91 Å². The lowest BCUT2D eigenvalue weighted by Crippen LogP contribution is -1.90. The molecule has 2 aromatic heterocycles. The van der Waals surface area contributed by atoms with E-state index in [0.29, 0.717) is 16.9 Å². The second kappa shape index (κ2) is 5.30. The van der Waals surface area contributed by atoms with E-state index in [1.807, 2.05) is 42.5 Å². The summed E-state index contributed by atoms with van der Waals surface area (Å²) in [5.74, 6) is 0.241. The molecule has 2 aromatic carbocycles. The third-order valence-electron chi connectivity index (χ3n) is 3.99. The first-order valence-electron chi connectivity index (χ1n) is 7.25. The van der Waals surface area contributed by atoms with Crippen molar-refractivity contribution in [1.82, 2.24) is 9.38 Å². The summed E-state index contributed by atoms with van der Waals surface area (Å²) >= 11 is 0. The first-order valence-corrected chi connectivity index (χ1v) is 7.25. The Bertz CT molecular complexity index is 1040. The molecule has 0 atom stereocenters. The first kappa shape index (κ1) is 13.6. The van der Waals surface area contributed by atoms with E-state index < -0.39 is 0 Å². The van der Waals surface area contributed by atoms with E-state index in [4.69, 9.17) is 0 Å². The summed E-state index contributed by atoms with van der Waals surface area (Å²) in [6.07, 6.45) is 1.72. The number of hydrogen-bond donors (Lipinski definition) is 1. The van der Waals surface area contributed by atoms with Crippen molar-refractivity contribution in [2.24, 2.45) is 5.18 Å². The number of rotatable bonds is 3. The average molecular weight is 303 g/mol. The van der Waals surface area contributed by atoms with Gasteiger partial charge in [0.05, 0.1) is 6.61 Å². The lowest BCUT2D eigenvalue weighted by Gasteiger charge is -2.01. The fourth-order valence-electron chi connectivity index (χ4n) is 2.85. The summed E-state index contributed by atoms with van der Waals surface area (Å²) in [5, 5.41) is 14.8. The zero-order valence-electron chi connectivity index (χ0n) is 12.2. The van der Waals surface area contributed by atoms with Crippen molar-refractivity contribution < 1.29 is 5.11 Å². The second-order valence-corrected chi connectivity index (χ2v) is 5.32. The molecule has 0 amide bonds. The molecule has 112 valence electrons. The monoisotopic (exact) mass is 303 g/mol. The van der Waals surface area contributed by atoms with E-state index in [1.54, 1.807) is 22.7 Å². The van der Waals surface area contributed by atoms with Gasteiger partial charge in [-0.2, -0.15) is 0 Å². The number of benzene rings is 2. The van der Waals surface area contributed by atoms with Gasteiger partial charge in [-0.25, -0.2) is 4.98 Å². The summed E-state index contributed by atoms with van der Waals surface area (Å²) in [4.78, 5) is 15.9. The Morgan fingerprint density at radius 3 is 2.65 bits per heavy atom. The van der Waals surface area contributed by atoms with Crippen molar-refractivity contribution in [3.63, 3.8) is 0 Å². The number of aromatic nitrogens is 2. The zero-order valence-corrected chi connectivity index (χ0v) is 12.2. The Hall–Kier alpha value is -3.05. The normalized spacial score (nSPS) is 11.2. The molecule has 0 fully saturated rings. The smallest absolute Gasteiger partial charge is 0.209 e. The van der Waals surface area contributed by atoms with Crippen LogP contribution in [0.4, 0.5) is 5.82 Å². The molecule has 0 saturated heterocycles. The number of aliphatic hydroxyl groups excluding tert-OH is 1. The van der Waals surface area contributed by atoms with Crippen LogP contribution in [0.5, 0.6) is 0 Å². The molecule has 5 nitrogen and oxygen atoms in total. The average Bonchev–Trinajstić information content (AvgIpc) is 2.99.